The topological polar surface area (TPSA) is 58.7 Å². The zero-order valence-electron chi connectivity index (χ0n) is 10.2. The number of hydrogen-bond donors (Lipinski definition) is 0. The molecule has 0 bridgehead atoms. The summed E-state index contributed by atoms with van der Waals surface area (Å²) in [5.74, 6) is -0.334. The summed E-state index contributed by atoms with van der Waals surface area (Å²) in [6.45, 7) is -0.0328. The summed E-state index contributed by atoms with van der Waals surface area (Å²) >= 11 is 1.25. The number of rotatable bonds is 2. The van der Waals surface area contributed by atoms with Gasteiger partial charge in [0.1, 0.15) is 17.1 Å². The molecule has 0 amide bonds. The molecule has 2 heterocycles. The summed E-state index contributed by atoms with van der Waals surface area (Å²) in [5, 5.41) is 10.4. The van der Waals surface area contributed by atoms with Crippen molar-refractivity contribution in [2.45, 2.75) is 6.54 Å². The molecule has 0 aliphatic carbocycles. The fourth-order valence-electron chi connectivity index (χ4n) is 1.99. The van der Waals surface area contributed by atoms with Gasteiger partial charge < -0.3 is 0 Å². The van der Waals surface area contributed by atoms with E-state index in [1.165, 1.54) is 34.4 Å². The van der Waals surface area contributed by atoms with Crippen LogP contribution >= 0.6 is 11.3 Å². The first-order valence-electron chi connectivity index (χ1n) is 5.80. The van der Waals surface area contributed by atoms with Crippen LogP contribution in [0.5, 0.6) is 0 Å². The van der Waals surface area contributed by atoms with Crippen LogP contribution in [-0.4, -0.2) is 9.55 Å². The maximum absolute atomic E-state index is 13.3. The van der Waals surface area contributed by atoms with Crippen LogP contribution in [0.2, 0.25) is 0 Å². The number of fused-ring (bicyclic) bond motifs is 1. The summed E-state index contributed by atoms with van der Waals surface area (Å²) in [6, 6.07) is 8.07. The number of hydrogen-bond acceptors (Lipinski definition) is 4. The molecule has 0 radical (unpaired) electrons. The fraction of sp³-hybridized carbons (Fsp3) is 0.0714. The second-order valence-corrected chi connectivity index (χ2v) is 5.05. The van der Waals surface area contributed by atoms with Crippen molar-refractivity contribution in [2.75, 3.05) is 0 Å². The lowest BCUT2D eigenvalue weighted by Crippen LogP contribution is -2.18. The van der Waals surface area contributed by atoms with E-state index in [0.29, 0.717) is 15.8 Å². The molecule has 0 fully saturated rings. The molecule has 0 atom stereocenters. The highest BCUT2D eigenvalue weighted by molar-refractivity contribution is 7.17. The Labute approximate surface area is 117 Å². The third-order valence-electron chi connectivity index (χ3n) is 2.92. The zero-order valence-corrected chi connectivity index (χ0v) is 11.0. The van der Waals surface area contributed by atoms with Crippen LogP contribution in [0.15, 0.2) is 40.8 Å². The van der Waals surface area contributed by atoms with Crippen molar-refractivity contribution in [1.82, 2.24) is 9.55 Å². The highest BCUT2D eigenvalue weighted by Gasteiger charge is 2.12. The van der Waals surface area contributed by atoms with E-state index >= 15 is 0 Å². The lowest BCUT2D eigenvalue weighted by atomic mass is 10.1. The van der Waals surface area contributed by atoms with Crippen molar-refractivity contribution in [2.24, 2.45) is 0 Å². The molecular formula is C14H8FN3OS. The molecule has 6 heteroatoms. The van der Waals surface area contributed by atoms with Crippen LogP contribution in [0.4, 0.5) is 4.39 Å². The molecule has 0 saturated heterocycles. The van der Waals surface area contributed by atoms with Gasteiger partial charge in [-0.25, -0.2) is 9.37 Å². The van der Waals surface area contributed by atoms with Gasteiger partial charge in [-0.1, -0.05) is 12.1 Å². The van der Waals surface area contributed by atoms with Crippen LogP contribution < -0.4 is 5.56 Å². The molecule has 98 valence electrons. The summed E-state index contributed by atoms with van der Waals surface area (Å²) in [6.07, 6.45) is 1.35. The molecule has 0 aliphatic rings. The Balaban J connectivity index is 2.23. The van der Waals surface area contributed by atoms with Gasteiger partial charge in [0.25, 0.3) is 5.56 Å². The number of thiophene rings is 1. The minimum absolute atomic E-state index is 0.0328. The van der Waals surface area contributed by atoms with E-state index in [4.69, 9.17) is 5.26 Å². The molecule has 3 aromatic rings. The number of nitriles is 1. The van der Waals surface area contributed by atoms with Crippen molar-refractivity contribution in [3.05, 3.63) is 52.1 Å². The monoisotopic (exact) mass is 285 g/mol. The lowest BCUT2D eigenvalue weighted by molar-refractivity contribution is 0.628. The highest BCUT2D eigenvalue weighted by Crippen LogP contribution is 2.30. The van der Waals surface area contributed by atoms with Crippen molar-refractivity contribution in [3.63, 3.8) is 0 Å². The highest BCUT2D eigenvalue weighted by atomic mass is 32.1. The van der Waals surface area contributed by atoms with Crippen LogP contribution in [0, 0.1) is 17.1 Å². The van der Waals surface area contributed by atoms with Gasteiger partial charge in [0, 0.05) is 10.9 Å². The Morgan fingerprint density at radius 2 is 2.30 bits per heavy atom. The Kier molecular flexibility index (Phi) is 3.05. The van der Waals surface area contributed by atoms with Gasteiger partial charge in [-0.05, 0) is 17.7 Å². The van der Waals surface area contributed by atoms with Crippen LogP contribution in [0.3, 0.4) is 0 Å². The smallest absolute Gasteiger partial charge is 0.272 e. The van der Waals surface area contributed by atoms with Gasteiger partial charge in [-0.2, -0.15) is 5.26 Å². The minimum atomic E-state index is -0.334. The van der Waals surface area contributed by atoms with Crippen molar-refractivity contribution >= 4 is 21.6 Å². The van der Waals surface area contributed by atoms with Crippen molar-refractivity contribution in [1.29, 1.82) is 5.26 Å². The van der Waals surface area contributed by atoms with Gasteiger partial charge in [0.05, 0.1) is 17.9 Å². The zero-order chi connectivity index (χ0) is 14.1. The van der Waals surface area contributed by atoms with Gasteiger partial charge in [0.15, 0.2) is 0 Å². The minimum Gasteiger partial charge on any atom is -0.284 e. The maximum atomic E-state index is 13.3. The first kappa shape index (κ1) is 12.5. The molecular weight excluding hydrogens is 277 g/mol. The number of benzene rings is 1. The average Bonchev–Trinajstić information content (AvgIpc) is 2.87. The second-order valence-electron chi connectivity index (χ2n) is 4.17. The Hall–Kier alpha value is -2.52. The van der Waals surface area contributed by atoms with Crippen LogP contribution in [0.1, 0.15) is 0 Å². The molecule has 3 rings (SSSR count). The normalized spacial score (nSPS) is 10.6. The molecule has 1 aromatic carbocycles. The number of nitrogens with zero attached hydrogens (tertiary/aromatic N) is 3. The van der Waals surface area contributed by atoms with Gasteiger partial charge in [-0.15, -0.1) is 11.3 Å². The summed E-state index contributed by atoms with van der Waals surface area (Å²) in [5.41, 5.74) is 1.70. The van der Waals surface area contributed by atoms with Gasteiger partial charge >= 0.3 is 0 Å². The Morgan fingerprint density at radius 1 is 1.45 bits per heavy atom. The fourth-order valence-corrected chi connectivity index (χ4v) is 2.97. The molecule has 0 saturated carbocycles. The average molecular weight is 285 g/mol. The van der Waals surface area contributed by atoms with Crippen molar-refractivity contribution in [3.8, 4) is 17.2 Å². The third kappa shape index (κ3) is 1.98. The van der Waals surface area contributed by atoms with E-state index in [1.807, 2.05) is 6.07 Å². The molecule has 0 N–H and O–H groups in total. The Bertz CT molecular complexity index is 891. The molecule has 4 nitrogen and oxygen atoms in total. The molecule has 20 heavy (non-hydrogen) atoms. The summed E-state index contributed by atoms with van der Waals surface area (Å²) < 4.78 is 15.0. The molecule has 0 unspecified atom stereocenters. The van der Waals surface area contributed by atoms with E-state index in [2.05, 4.69) is 4.98 Å². The van der Waals surface area contributed by atoms with Crippen molar-refractivity contribution < 1.29 is 4.39 Å². The Morgan fingerprint density at radius 3 is 3.05 bits per heavy atom. The maximum Gasteiger partial charge on any atom is 0.272 e. The first-order valence-corrected chi connectivity index (χ1v) is 6.68. The summed E-state index contributed by atoms with van der Waals surface area (Å²) in [4.78, 5) is 16.4. The van der Waals surface area contributed by atoms with Gasteiger partial charge in [-0.3, -0.25) is 9.36 Å². The van der Waals surface area contributed by atoms with E-state index in [-0.39, 0.29) is 17.9 Å². The first-order chi connectivity index (χ1) is 9.70. The summed E-state index contributed by atoms with van der Waals surface area (Å²) in [7, 11) is 0. The molecule has 0 aliphatic heterocycles. The van der Waals surface area contributed by atoms with E-state index in [1.54, 1.807) is 17.5 Å². The standard InChI is InChI=1S/C14H8FN3OS/c15-10-3-1-2-9(6-10)11-7-20-13-12(11)17-8-18(5-4-16)14(13)19/h1-3,6-8H,5H2. The predicted octanol–water partition coefficient (Wildman–Crippen LogP) is 2.79. The number of aromatic nitrogens is 2. The quantitative estimate of drug-likeness (QED) is 0.727. The molecule has 2 aromatic heterocycles. The van der Waals surface area contributed by atoms with Gasteiger partial charge in [0.2, 0.25) is 0 Å². The number of halogens is 1. The predicted molar refractivity (Wildman–Crippen MR) is 74.9 cm³/mol. The van der Waals surface area contributed by atoms with Crippen LogP contribution in [-0.2, 0) is 6.54 Å². The van der Waals surface area contributed by atoms with E-state index < -0.39 is 0 Å². The molecule has 0 spiro atoms. The van der Waals surface area contributed by atoms with Crippen LogP contribution in [0.25, 0.3) is 21.3 Å². The SMILES string of the molecule is N#CCn1cnc2c(-c3cccc(F)c3)csc2c1=O. The second kappa shape index (κ2) is 4.87. The largest absolute Gasteiger partial charge is 0.284 e. The third-order valence-corrected chi connectivity index (χ3v) is 3.88. The van der Waals surface area contributed by atoms with E-state index in [9.17, 15) is 9.18 Å². The van der Waals surface area contributed by atoms with E-state index in [0.717, 1.165) is 5.56 Å². The lowest BCUT2D eigenvalue weighted by Gasteiger charge is -2.01.